The minimum Gasteiger partial charge on any atom is -0.478 e. The van der Waals surface area contributed by atoms with Gasteiger partial charge in [0.2, 0.25) is 0 Å². The van der Waals surface area contributed by atoms with E-state index in [1.807, 2.05) is 49.4 Å². The molecule has 2 N–H and O–H groups in total. The number of carbonyl (C=O) groups is 1. The maximum Gasteiger partial charge on any atom is 0.327 e. The van der Waals surface area contributed by atoms with E-state index in [0.29, 0.717) is 31.5 Å². The zero-order chi connectivity index (χ0) is 18.8. The number of hydrogen-bond acceptors (Lipinski definition) is 3. The number of rotatable bonds is 9. The van der Waals surface area contributed by atoms with Crippen molar-refractivity contribution in [2.75, 3.05) is 13.2 Å². The van der Waals surface area contributed by atoms with E-state index in [1.54, 1.807) is 6.08 Å². The third-order valence-electron chi connectivity index (χ3n) is 4.78. The molecule has 0 bridgehead atoms. The SMILES string of the molecule is CC(c1ccccc1)C(O)C=C[C@H]1COC[C@H]1CC=CCC=CC(=O)O. The van der Waals surface area contributed by atoms with E-state index >= 15 is 0 Å². The number of aliphatic hydroxyl groups is 1. The molecule has 4 nitrogen and oxygen atoms in total. The maximum absolute atomic E-state index is 10.4. The highest BCUT2D eigenvalue weighted by molar-refractivity contribution is 5.79. The van der Waals surface area contributed by atoms with Crippen molar-refractivity contribution in [3.63, 3.8) is 0 Å². The Morgan fingerprint density at radius 2 is 2.00 bits per heavy atom. The second-order valence-electron chi connectivity index (χ2n) is 6.72. The summed E-state index contributed by atoms with van der Waals surface area (Å²) in [5.74, 6) is -0.178. The van der Waals surface area contributed by atoms with Gasteiger partial charge >= 0.3 is 5.97 Å². The van der Waals surface area contributed by atoms with Crippen LogP contribution in [0.2, 0.25) is 0 Å². The lowest BCUT2D eigenvalue weighted by molar-refractivity contribution is -0.131. The number of allylic oxidation sites excluding steroid dienone is 3. The lowest BCUT2D eigenvalue weighted by Crippen LogP contribution is -2.15. The first-order valence-electron chi connectivity index (χ1n) is 9.11. The first-order chi connectivity index (χ1) is 12.6. The van der Waals surface area contributed by atoms with Gasteiger partial charge < -0.3 is 14.9 Å². The number of benzene rings is 1. The summed E-state index contributed by atoms with van der Waals surface area (Å²) in [4.78, 5) is 10.4. The molecule has 1 aromatic rings. The van der Waals surface area contributed by atoms with Crippen molar-refractivity contribution in [2.45, 2.75) is 31.8 Å². The maximum atomic E-state index is 10.4. The van der Waals surface area contributed by atoms with E-state index in [-0.39, 0.29) is 5.92 Å². The van der Waals surface area contributed by atoms with Crippen molar-refractivity contribution >= 4 is 5.97 Å². The molecule has 4 atom stereocenters. The van der Waals surface area contributed by atoms with E-state index in [4.69, 9.17) is 9.84 Å². The van der Waals surface area contributed by atoms with E-state index in [1.165, 1.54) is 0 Å². The van der Waals surface area contributed by atoms with E-state index in [9.17, 15) is 9.90 Å². The fraction of sp³-hybridized carbons (Fsp3) is 0.409. The van der Waals surface area contributed by atoms with Crippen molar-refractivity contribution < 1.29 is 19.7 Å². The predicted octanol–water partition coefficient (Wildman–Crippen LogP) is 3.95. The summed E-state index contributed by atoms with van der Waals surface area (Å²) in [6.45, 7) is 3.43. The van der Waals surface area contributed by atoms with Gasteiger partial charge in [-0.15, -0.1) is 0 Å². The Labute approximate surface area is 155 Å². The quantitative estimate of drug-likeness (QED) is 0.519. The molecule has 0 aliphatic carbocycles. The lowest BCUT2D eigenvalue weighted by atomic mass is 9.90. The number of aliphatic carboxylic acids is 1. The van der Waals surface area contributed by atoms with Gasteiger partial charge in [-0.1, -0.05) is 67.6 Å². The summed E-state index contributed by atoms with van der Waals surface area (Å²) < 4.78 is 5.60. The Kier molecular flexibility index (Phi) is 8.32. The number of ether oxygens (including phenoxy) is 1. The van der Waals surface area contributed by atoms with Gasteiger partial charge in [-0.2, -0.15) is 0 Å². The van der Waals surface area contributed by atoms with Crippen LogP contribution >= 0.6 is 0 Å². The molecular weight excluding hydrogens is 328 g/mol. The average molecular weight is 356 g/mol. The van der Waals surface area contributed by atoms with Crippen LogP contribution in [-0.2, 0) is 9.53 Å². The third kappa shape index (κ3) is 6.62. The predicted molar refractivity (Wildman–Crippen MR) is 103 cm³/mol. The number of carboxylic acid groups (broad SMARTS) is 1. The minimum atomic E-state index is -0.920. The average Bonchev–Trinajstić information content (AvgIpc) is 3.09. The third-order valence-corrected chi connectivity index (χ3v) is 4.78. The molecule has 0 spiro atoms. The van der Waals surface area contributed by atoms with E-state index in [0.717, 1.165) is 18.1 Å². The standard InChI is InChI=1S/C22H28O4/c1-17(18-9-6-4-7-10-18)21(23)14-13-20-16-26-15-19(20)11-5-2-3-8-12-22(24)25/h2,4-10,12-14,17,19-21,23H,3,11,15-16H2,1H3,(H,24,25)/t17?,19-,20+,21?/m1/s1. The summed E-state index contributed by atoms with van der Waals surface area (Å²) in [7, 11) is 0. The Morgan fingerprint density at radius 1 is 1.23 bits per heavy atom. The van der Waals surface area contributed by atoms with Crippen molar-refractivity contribution in [1.29, 1.82) is 0 Å². The van der Waals surface area contributed by atoms with Gasteiger partial charge in [0.15, 0.2) is 0 Å². The van der Waals surface area contributed by atoms with Crippen molar-refractivity contribution in [2.24, 2.45) is 11.8 Å². The molecule has 0 saturated carbocycles. The summed E-state index contributed by atoms with van der Waals surface area (Å²) in [5, 5.41) is 19.0. The Bertz CT molecular complexity index is 633. The first kappa shape index (κ1) is 20.1. The fourth-order valence-electron chi connectivity index (χ4n) is 3.06. The molecule has 2 unspecified atom stereocenters. The molecule has 1 heterocycles. The summed E-state index contributed by atoms with van der Waals surface area (Å²) in [5.41, 5.74) is 1.13. The second kappa shape index (κ2) is 10.7. The molecule has 140 valence electrons. The number of hydrogen-bond donors (Lipinski definition) is 2. The van der Waals surface area contributed by atoms with Crippen LogP contribution in [0.5, 0.6) is 0 Å². The van der Waals surface area contributed by atoms with Gasteiger partial charge in [0.25, 0.3) is 0 Å². The highest BCUT2D eigenvalue weighted by Gasteiger charge is 2.25. The zero-order valence-corrected chi connectivity index (χ0v) is 15.2. The molecule has 26 heavy (non-hydrogen) atoms. The molecule has 1 saturated heterocycles. The monoisotopic (exact) mass is 356 g/mol. The Hall–Kier alpha value is -2.17. The van der Waals surface area contributed by atoms with Crippen LogP contribution in [0.25, 0.3) is 0 Å². The van der Waals surface area contributed by atoms with E-state index < -0.39 is 12.1 Å². The van der Waals surface area contributed by atoms with Crippen molar-refractivity contribution in [1.82, 2.24) is 0 Å². The molecule has 1 fully saturated rings. The smallest absolute Gasteiger partial charge is 0.327 e. The molecule has 1 aliphatic heterocycles. The zero-order valence-electron chi connectivity index (χ0n) is 15.2. The summed E-state index contributed by atoms with van der Waals surface area (Å²) in [6, 6.07) is 10.0. The number of aliphatic hydroxyl groups excluding tert-OH is 1. The Balaban J connectivity index is 1.82. The van der Waals surface area contributed by atoms with Crippen LogP contribution in [0.15, 0.2) is 66.8 Å². The lowest BCUT2D eigenvalue weighted by Gasteiger charge is -2.17. The molecule has 0 amide bonds. The van der Waals surface area contributed by atoms with Crippen LogP contribution < -0.4 is 0 Å². The normalized spacial score (nSPS) is 23.2. The second-order valence-corrected chi connectivity index (χ2v) is 6.72. The molecule has 1 aromatic carbocycles. The molecular formula is C22H28O4. The topological polar surface area (TPSA) is 66.8 Å². The molecule has 4 heteroatoms. The molecule has 2 rings (SSSR count). The van der Waals surface area contributed by atoms with Crippen molar-refractivity contribution in [3.8, 4) is 0 Å². The van der Waals surface area contributed by atoms with Crippen LogP contribution in [0.3, 0.4) is 0 Å². The molecule has 1 aliphatic rings. The van der Waals surface area contributed by atoms with Gasteiger partial charge in [0, 0.05) is 17.9 Å². The van der Waals surface area contributed by atoms with Crippen LogP contribution in [0.4, 0.5) is 0 Å². The van der Waals surface area contributed by atoms with Crippen LogP contribution in [0.1, 0.15) is 31.2 Å². The van der Waals surface area contributed by atoms with E-state index in [2.05, 4.69) is 12.2 Å². The highest BCUT2D eigenvalue weighted by atomic mass is 16.5. The minimum absolute atomic E-state index is 0.0501. The van der Waals surface area contributed by atoms with Crippen LogP contribution in [0, 0.1) is 11.8 Å². The number of carboxylic acids is 1. The molecule has 0 radical (unpaired) electrons. The van der Waals surface area contributed by atoms with Gasteiger partial charge in [-0.25, -0.2) is 4.79 Å². The van der Waals surface area contributed by atoms with Gasteiger partial charge in [-0.3, -0.25) is 0 Å². The Morgan fingerprint density at radius 3 is 2.73 bits per heavy atom. The largest absolute Gasteiger partial charge is 0.478 e. The highest BCUT2D eigenvalue weighted by Crippen LogP contribution is 2.27. The fourth-order valence-corrected chi connectivity index (χ4v) is 3.06. The van der Waals surface area contributed by atoms with Gasteiger partial charge in [0.1, 0.15) is 0 Å². The van der Waals surface area contributed by atoms with Gasteiger partial charge in [0.05, 0.1) is 19.3 Å². The van der Waals surface area contributed by atoms with Crippen molar-refractivity contribution in [3.05, 3.63) is 72.4 Å². The molecule has 0 aromatic heterocycles. The summed E-state index contributed by atoms with van der Waals surface area (Å²) in [6.07, 6.45) is 11.8. The van der Waals surface area contributed by atoms with Crippen LogP contribution in [-0.4, -0.2) is 35.5 Å². The summed E-state index contributed by atoms with van der Waals surface area (Å²) >= 11 is 0. The first-order valence-corrected chi connectivity index (χ1v) is 9.11. The van der Waals surface area contributed by atoms with Gasteiger partial charge in [-0.05, 0) is 24.3 Å².